The number of terminal acetylenes is 1. The summed E-state index contributed by atoms with van der Waals surface area (Å²) in [4.78, 5) is 17.6. The first-order chi connectivity index (χ1) is 18.0. The molecule has 1 aliphatic heterocycles. The fraction of sp³-hybridized carbons (Fsp3) is 0.250. The van der Waals surface area contributed by atoms with Gasteiger partial charge in [0.05, 0.1) is 28.4 Å². The average molecular weight is 520 g/mol. The van der Waals surface area contributed by atoms with Gasteiger partial charge in [0.25, 0.3) is 0 Å². The molecule has 10 nitrogen and oxygen atoms in total. The van der Waals surface area contributed by atoms with Crippen molar-refractivity contribution < 1.29 is 13.5 Å². The molecule has 0 saturated heterocycles. The molecule has 186 valence electrons. The molecule has 0 radical (unpaired) electrons. The largest absolute Gasteiger partial charge is 0.463 e. The number of hydrogen-bond donors (Lipinski definition) is 3. The molecule has 3 atom stereocenters. The molecule has 6 rings (SSSR count). The molecule has 1 saturated carbocycles. The van der Waals surface area contributed by atoms with E-state index in [1.54, 1.807) is 18.5 Å². The summed E-state index contributed by atoms with van der Waals surface area (Å²) in [6.45, 7) is -0.868. The van der Waals surface area contributed by atoms with E-state index in [-0.39, 0.29) is 29.1 Å². The van der Waals surface area contributed by atoms with Crippen molar-refractivity contribution in [1.82, 2.24) is 30.4 Å². The summed E-state index contributed by atoms with van der Waals surface area (Å²) in [6.07, 6.45) is 10.3. The van der Waals surface area contributed by atoms with Crippen molar-refractivity contribution in [2.24, 2.45) is 16.6 Å². The van der Waals surface area contributed by atoms with Crippen LogP contribution in [0.15, 0.2) is 47.8 Å². The van der Waals surface area contributed by atoms with Gasteiger partial charge in [0.15, 0.2) is 17.6 Å². The number of anilines is 2. The molecule has 3 aromatic heterocycles. The van der Waals surface area contributed by atoms with Crippen molar-refractivity contribution in [2.45, 2.75) is 16.7 Å². The third kappa shape index (κ3) is 3.72. The molecular weight excluding hydrogens is 500 g/mol. The fourth-order valence-electron chi connectivity index (χ4n) is 4.86. The number of nitrogens with zero attached hydrogens (tertiary/aromatic N) is 6. The lowest BCUT2D eigenvalue weighted by Gasteiger charge is -2.34. The Morgan fingerprint density at radius 3 is 2.97 bits per heavy atom. The highest BCUT2D eigenvalue weighted by molar-refractivity contribution is 8.14. The van der Waals surface area contributed by atoms with E-state index in [0.717, 1.165) is 0 Å². The van der Waals surface area contributed by atoms with Crippen molar-refractivity contribution in [3.05, 3.63) is 59.9 Å². The Labute approximate surface area is 213 Å². The van der Waals surface area contributed by atoms with Gasteiger partial charge in [-0.05, 0) is 30.7 Å². The molecule has 0 amide bonds. The highest BCUT2D eigenvalue weighted by Gasteiger charge is 2.70. The molecule has 0 spiro atoms. The first-order valence-corrected chi connectivity index (χ1v) is 12.0. The Bertz CT molecular complexity index is 1570. The van der Waals surface area contributed by atoms with Gasteiger partial charge in [-0.2, -0.15) is 15.4 Å². The van der Waals surface area contributed by atoms with Crippen LogP contribution in [0.4, 0.5) is 20.3 Å². The number of nitrogens with two attached hydrogens (primary N) is 1. The van der Waals surface area contributed by atoms with E-state index in [1.165, 1.54) is 36.2 Å². The zero-order valence-corrected chi connectivity index (χ0v) is 20.0. The molecular formula is C24H19F2N9OS. The molecule has 1 fully saturated rings. The molecule has 37 heavy (non-hydrogen) atoms. The number of ether oxygens (including phenoxy) is 1. The van der Waals surface area contributed by atoms with Crippen LogP contribution in [0.5, 0.6) is 5.88 Å². The van der Waals surface area contributed by atoms with Crippen LogP contribution in [-0.2, 0) is 10.3 Å². The van der Waals surface area contributed by atoms with Crippen LogP contribution in [0.2, 0.25) is 0 Å². The minimum Gasteiger partial charge on any atom is -0.463 e. The van der Waals surface area contributed by atoms with Gasteiger partial charge in [-0.3, -0.25) is 0 Å². The number of aliphatic imine (C=N–C) groups is 1. The zero-order valence-electron chi connectivity index (χ0n) is 19.2. The number of H-pyrrole nitrogens is 1. The summed E-state index contributed by atoms with van der Waals surface area (Å²) >= 11 is 1.31. The summed E-state index contributed by atoms with van der Waals surface area (Å²) in [5.74, 6) is 2.08. The van der Waals surface area contributed by atoms with E-state index in [2.05, 4.69) is 46.6 Å². The number of aromatic amines is 1. The molecule has 1 aliphatic carbocycles. The minimum atomic E-state index is -1.51. The first-order valence-electron chi connectivity index (χ1n) is 11.2. The van der Waals surface area contributed by atoms with Gasteiger partial charge in [0.2, 0.25) is 5.88 Å². The Hall–Kier alpha value is -4.31. The van der Waals surface area contributed by atoms with Gasteiger partial charge >= 0.3 is 0 Å². The highest BCUT2D eigenvalue weighted by atomic mass is 32.2. The number of benzene rings is 1. The van der Waals surface area contributed by atoms with Crippen LogP contribution in [0.3, 0.4) is 0 Å². The van der Waals surface area contributed by atoms with Crippen molar-refractivity contribution in [3.8, 4) is 18.2 Å². The molecule has 0 unspecified atom stereocenters. The van der Waals surface area contributed by atoms with E-state index >= 15 is 4.39 Å². The second-order valence-corrected chi connectivity index (χ2v) is 10.0. The van der Waals surface area contributed by atoms with Crippen LogP contribution < -0.4 is 15.8 Å². The highest BCUT2D eigenvalue weighted by Crippen LogP contribution is 2.71. The monoisotopic (exact) mass is 519 g/mol. The molecule has 0 bridgehead atoms. The maximum absolute atomic E-state index is 15.3. The van der Waals surface area contributed by atoms with Crippen LogP contribution in [0, 0.1) is 24.1 Å². The number of nitrogens with one attached hydrogen (secondary N) is 2. The standard InChI is InChI=1S/C24H19F2N9OS/c1-2-7-36-19-11-29-20-16(32-19)5-6-28-21(20)31-13-3-4-15(26)14(8-13)23(12-25)17-9-24(17,37-22(27)33-23)18-10-30-35-34-18/h1,3-6,8,10-11,17H,7,9,12H2,(H2,27,33)(H,28,31)(H,30,34,35)/t17-,23+,24-/m0/s1. The smallest absolute Gasteiger partial charge is 0.233 e. The number of halogens is 2. The predicted molar refractivity (Wildman–Crippen MR) is 134 cm³/mol. The van der Waals surface area contributed by atoms with Crippen LogP contribution >= 0.6 is 11.8 Å². The Morgan fingerprint density at radius 2 is 2.19 bits per heavy atom. The summed E-state index contributed by atoms with van der Waals surface area (Å²) in [5, 5.41) is 14.0. The second-order valence-electron chi connectivity index (χ2n) is 8.66. The zero-order chi connectivity index (χ0) is 25.6. The maximum Gasteiger partial charge on any atom is 0.233 e. The van der Waals surface area contributed by atoms with E-state index in [4.69, 9.17) is 16.9 Å². The number of aromatic nitrogens is 6. The third-order valence-electron chi connectivity index (χ3n) is 6.57. The fourth-order valence-corrected chi connectivity index (χ4v) is 6.23. The van der Waals surface area contributed by atoms with Crippen LogP contribution in [-0.4, -0.2) is 48.8 Å². The number of fused-ring (bicyclic) bond motifs is 2. The van der Waals surface area contributed by atoms with Gasteiger partial charge < -0.3 is 15.8 Å². The number of hydrogen-bond acceptors (Lipinski definition) is 10. The number of alkyl halides is 1. The average Bonchev–Trinajstić information content (AvgIpc) is 3.38. The number of amidine groups is 1. The minimum absolute atomic E-state index is 0.0650. The van der Waals surface area contributed by atoms with Crippen molar-refractivity contribution in [2.75, 3.05) is 18.6 Å². The van der Waals surface area contributed by atoms with E-state index in [0.29, 0.717) is 34.7 Å². The summed E-state index contributed by atoms with van der Waals surface area (Å²) in [6, 6.07) is 6.01. The van der Waals surface area contributed by atoms with E-state index in [1.807, 2.05) is 0 Å². The Morgan fingerprint density at radius 1 is 1.30 bits per heavy atom. The van der Waals surface area contributed by atoms with Gasteiger partial charge in [0.1, 0.15) is 23.5 Å². The summed E-state index contributed by atoms with van der Waals surface area (Å²) < 4.78 is 34.9. The van der Waals surface area contributed by atoms with Crippen LogP contribution in [0.1, 0.15) is 17.7 Å². The maximum atomic E-state index is 15.3. The second kappa shape index (κ2) is 8.67. The number of pyridine rings is 1. The summed E-state index contributed by atoms with van der Waals surface area (Å²) in [7, 11) is 0. The number of rotatable bonds is 7. The lowest BCUT2D eigenvalue weighted by Crippen LogP contribution is -2.39. The first kappa shape index (κ1) is 23.1. The van der Waals surface area contributed by atoms with Gasteiger partial charge in [0, 0.05) is 23.4 Å². The van der Waals surface area contributed by atoms with E-state index < -0.39 is 22.8 Å². The van der Waals surface area contributed by atoms with Crippen molar-refractivity contribution in [3.63, 3.8) is 0 Å². The molecule has 4 heterocycles. The SMILES string of the molecule is C#CCOc1cnc2c(Nc3ccc(F)c([C@@]4(CF)N=C(N)S[C@@]5(c6cn[nH]n6)C[C@@H]45)c3)nccc2n1. The quantitative estimate of drug-likeness (QED) is 0.314. The van der Waals surface area contributed by atoms with Gasteiger partial charge in [-0.25, -0.2) is 28.7 Å². The third-order valence-corrected chi connectivity index (χ3v) is 7.90. The number of thioether (sulfide) groups is 1. The van der Waals surface area contributed by atoms with Gasteiger partial charge in [-0.1, -0.05) is 17.7 Å². The van der Waals surface area contributed by atoms with Crippen LogP contribution in [0.25, 0.3) is 11.0 Å². The lowest BCUT2D eigenvalue weighted by molar-refractivity contribution is 0.263. The lowest BCUT2D eigenvalue weighted by atomic mass is 9.84. The van der Waals surface area contributed by atoms with Crippen molar-refractivity contribution in [1.29, 1.82) is 0 Å². The normalized spacial score (nSPS) is 24.1. The Kier molecular flexibility index (Phi) is 5.41. The van der Waals surface area contributed by atoms with E-state index in [9.17, 15) is 4.39 Å². The Balaban J connectivity index is 1.37. The molecule has 4 N–H and O–H groups in total. The summed E-state index contributed by atoms with van der Waals surface area (Å²) in [5.41, 5.74) is 6.83. The molecule has 2 aliphatic rings. The van der Waals surface area contributed by atoms with Gasteiger partial charge in [-0.15, -0.1) is 6.42 Å². The van der Waals surface area contributed by atoms with Crippen molar-refractivity contribution >= 4 is 39.5 Å². The molecule has 1 aromatic carbocycles. The topological polar surface area (TPSA) is 140 Å². The molecule has 13 heteroatoms. The molecule has 4 aromatic rings. The predicted octanol–water partition coefficient (Wildman–Crippen LogP) is 3.18.